The van der Waals surface area contributed by atoms with Gasteiger partial charge in [0.15, 0.2) is 17.1 Å². The summed E-state index contributed by atoms with van der Waals surface area (Å²) in [6, 6.07) is 21.3. The fourth-order valence-corrected chi connectivity index (χ4v) is 5.64. The molecule has 5 aromatic rings. The molecule has 1 fully saturated rings. The van der Waals surface area contributed by atoms with E-state index in [2.05, 4.69) is 27.8 Å². The van der Waals surface area contributed by atoms with Gasteiger partial charge in [0.1, 0.15) is 12.1 Å². The summed E-state index contributed by atoms with van der Waals surface area (Å²) in [5.41, 5.74) is 4.28. The number of aromatic nitrogens is 3. The summed E-state index contributed by atoms with van der Waals surface area (Å²) in [4.78, 5) is 27.1. The number of methoxy groups -OCH3 is 3. The molecule has 1 amide bonds. The maximum absolute atomic E-state index is 13.5. The summed E-state index contributed by atoms with van der Waals surface area (Å²) in [6.45, 7) is 2.27. The average Bonchev–Trinajstić information content (AvgIpc) is 3.44. The van der Waals surface area contributed by atoms with Crippen LogP contribution in [0.2, 0.25) is 5.02 Å². The number of ether oxygens (including phenoxy) is 3. The summed E-state index contributed by atoms with van der Waals surface area (Å²) in [5.74, 6) is 2.08. The molecule has 0 atom stereocenters. The minimum Gasteiger partial charge on any atom is -0.493 e. The predicted octanol–water partition coefficient (Wildman–Crippen LogP) is 5.73. The molecule has 0 unspecified atom stereocenters. The summed E-state index contributed by atoms with van der Waals surface area (Å²) in [7, 11) is 4.61. The van der Waals surface area contributed by atoms with Crippen molar-refractivity contribution in [3.8, 4) is 34.1 Å². The molecule has 3 heterocycles. The highest BCUT2D eigenvalue weighted by molar-refractivity contribution is 6.30. The standard InChI is InChI=1S/C32H30ClN5O4/c1-40-26-16-22(17-27(41-2)29(26)42-3)32(39)37-14-12-36(13-15-37)30-28-25(21-8-5-4-6-9-21)19-38(31(28)35-20-34-30)24-11-7-10-23(33)18-24/h4-11,16-20H,12-15H2,1-3H3. The summed E-state index contributed by atoms with van der Waals surface area (Å²) in [5, 5.41) is 1.60. The van der Waals surface area contributed by atoms with E-state index in [1.807, 2.05) is 47.4 Å². The number of benzene rings is 3. The Morgan fingerprint density at radius 2 is 1.55 bits per heavy atom. The monoisotopic (exact) mass is 583 g/mol. The zero-order chi connectivity index (χ0) is 29.2. The maximum atomic E-state index is 13.5. The molecule has 0 bridgehead atoms. The van der Waals surface area contributed by atoms with Gasteiger partial charge in [0.25, 0.3) is 5.91 Å². The van der Waals surface area contributed by atoms with E-state index in [4.69, 9.17) is 35.8 Å². The van der Waals surface area contributed by atoms with Gasteiger partial charge in [-0.3, -0.25) is 4.79 Å². The first kappa shape index (κ1) is 27.4. The van der Waals surface area contributed by atoms with Gasteiger partial charge in [0, 0.05) is 54.2 Å². The van der Waals surface area contributed by atoms with E-state index < -0.39 is 0 Å². The van der Waals surface area contributed by atoms with Gasteiger partial charge in [-0.1, -0.05) is 48.0 Å². The van der Waals surface area contributed by atoms with Crippen molar-refractivity contribution < 1.29 is 19.0 Å². The number of nitrogens with zero attached hydrogens (tertiary/aromatic N) is 5. The minimum absolute atomic E-state index is 0.0983. The molecule has 1 aliphatic heterocycles. The second-order valence-corrected chi connectivity index (χ2v) is 10.3. The normalized spacial score (nSPS) is 13.3. The van der Waals surface area contributed by atoms with E-state index in [9.17, 15) is 4.79 Å². The molecule has 0 spiro atoms. The Hall–Kier alpha value is -4.76. The van der Waals surface area contributed by atoms with E-state index >= 15 is 0 Å². The van der Waals surface area contributed by atoms with Crippen LogP contribution in [0.25, 0.3) is 27.8 Å². The van der Waals surface area contributed by atoms with Gasteiger partial charge in [-0.05, 0) is 35.9 Å². The molecule has 214 valence electrons. The molecule has 9 nitrogen and oxygen atoms in total. The van der Waals surface area contributed by atoms with Crippen LogP contribution >= 0.6 is 11.6 Å². The lowest BCUT2D eigenvalue weighted by Crippen LogP contribution is -2.49. The maximum Gasteiger partial charge on any atom is 0.254 e. The third kappa shape index (κ3) is 4.96. The van der Waals surface area contributed by atoms with Gasteiger partial charge < -0.3 is 28.6 Å². The fraction of sp³-hybridized carbons (Fsp3) is 0.219. The topological polar surface area (TPSA) is 82.0 Å². The molecule has 2 aromatic heterocycles. The van der Waals surface area contributed by atoms with Gasteiger partial charge in [-0.25, -0.2) is 9.97 Å². The number of carbonyl (C=O) groups excluding carboxylic acids is 1. The molecule has 0 saturated carbocycles. The Balaban J connectivity index is 1.33. The second kappa shape index (κ2) is 11.6. The number of carbonyl (C=O) groups is 1. The molecule has 0 radical (unpaired) electrons. The number of anilines is 1. The number of hydrogen-bond acceptors (Lipinski definition) is 7. The zero-order valence-electron chi connectivity index (χ0n) is 23.6. The van der Waals surface area contributed by atoms with Crippen molar-refractivity contribution in [2.45, 2.75) is 0 Å². The van der Waals surface area contributed by atoms with Crippen LogP contribution in [-0.2, 0) is 0 Å². The predicted molar refractivity (Wildman–Crippen MR) is 164 cm³/mol. The third-order valence-electron chi connectivity index (χ3n) is 7.51. The van der Waals surface area contributed by atoms with Gasteiger partial charge in [-0.2, -0.15) is 0 Å². The lowest BCUT2D eigenvalue weighted by molar-refractivity contribution is 0.0745. The smallest absolute Gasteiger partial charge is 0.254 e. The number of hydrogen-bond donors (Lipinski definition) is 0. The molecular weight excluding hydrogens is 554 g/mol. The highest BCUT2D eigenvalue weighted by Crippen LogP contribution is 2.39. The van der Waals surface area contributed by atoms with E-state index in [1.165, 1.54) is 21.3 Å². The SMILES string of the molecule is COc1cc(C(=O)N2CCN(c3ncnc4c3c(-c3ccccc3)cn4-c3cccc(Cl)c3)CC2)cc(OC)c1OC. The minimum atomic E-state index is -0.0983. The Bertz CT molecular complexity index is 1720. The van der Waals surface area contributed by atoms with Crippen LogP contribution in [0.5, 0.6) is 17.2 Å². The quantitative estimate of drug-likeness (QED) is 0.242. The highest BCUT2D eigenvalue weighted by Gasteiger charge is 2.28. The van der Waals surface area contributed by atoms with Crippen molar-refractivity contribution in [2.75, 3.05) is 52.4 Å². The summed E-state index contributed by atoms with van der Waals surface area (Å²) < 4.78 is 18.4. The molecule has 1 saturated heterocycles. The Labute approximate surface area is 248 Å². The van der Waals surface area contributed by atoms with E-state index in [0.717, 1.165) is 33.7 Å². The highest BCUT2D eigenvalue weighted by atomic mass is 35.5. The molecular formula is C32H30ClN5O4. The summed E-state index contributed by atoms with van der Waals surface area (Å²) in [6.07, 6.45) is 3.69. The number of halogens is 1. The Kier molecular flexibility index (Phi) is 7.58. The average molecular weight is 584 g/mol. The van der Waals surface area contributed by atoms with Crippen molar-refractivity contribution in [3.05, 3.63) is 89.8 Å². The largest absolute Gasteiger partial charge is 0.493 e. The lowest BCUT2D eigenvalue weighted by atomic mass is 10.1. The van der Waals surface area contributed by atoms with Gasteiger partial charge in [-0.15, -0.1) is 0 Å². The van der Waals surface area contributed by atoms with Gasteiger partial charge in [0.2, 0.25) is 5.75 Å². The molecule has 1 aliphatic rings. The Morgan fingerprint density at radius 1 is 0.833 bits per heavy atom. The van der Waals surface area contributed by atoms with Crippen LogP contribution in [0.4, 0.5) is 5.82 Å². The van der Waals surface area contributed by atoms with Gasteiger partial charge in [0.05, 0.1) is 26.7 Å². The molecule has 10 heteroatoms. The van der Waals surface area contributed by atoms with Crippen molar-refractivity contribution in [1.82, 2.24) is 19.4 Å². The number of amides is 1. The third-order valence-corrected chi connectivity index (χ3v) is 7.75. The first-order valence-electron chi connectivity index (χ1n) is 13.5. The van der Waals surface area contributed by atoms with Crippen LogP contribution in [0.1, 0.15) is 10.4 Å². The molecule has 6 rings (SSSR count). The lowest BCUT2D eigenvalue weighted by Gasteiger charge is -2.36. The van der Waals surface area contributed by atoms with E-state index in [-0.39, 0.29) is 5.91 Å². The molecule has 3 aromatic carbocycles. The fourth-order valence-electron chi connectivity index (χ4n) is 5.45. The van der Waals surface area contributed by atoms with E-state index in [1.54, 1.807) is 18.5 Å². The zero-order valence-corrected chi connectivity index (χ0v) is 24.3. The van der Waals surface area contributed by atoms with Crippen molar-refractivity contribution in [2.24, 2.45) is 0 Å². The van der Waals surface area contributed by atoms with Crippen LogP contribution < -0.4 is 19.1 Å². The van der Waals surface area contributed by atoms with Crippen molar-refractivity contribution in [1.29, 1.82) is 0 Å². The number of piperazine rings is 1. The molecule has 0 N–H and O–H groups in total. The molecule has 0 aliphatic carbocycles. The Morgan fingerprint density at radius 3 is 2.19 bits per heavy atom. The van der Waals surface area contributed by atoms with Crippen LogP contribution in [0.15, 0.2) is 79.3 Å². The van der Waals surface area contributed by atoms with Crippen LogP contribution in [-0.4, -0.2) is 72.9 Å². The van der Waals surface area contributed by atoms with Crippen molar-refractivity contribution >= 4 is 34.4 Å². The molecule has 42 heavy (non-hydrogen) atoms. The van der Waals surface area contributed by atoms with Crippen LogP contribution in [0, 0.1) is 0 Å². The second-order valence-electron chi connectivity index (χ2n) is 9.85. The van der Waals surface area contributed by atoms with E-state index in [0.29, 0.717) is 54.0 Å². The van der Waals surface area contributed by atoms with Crippen molar-refractivity contribution in [3.63, 3.8) is 0 Å². The van der Waals surface area contributed by atoms with Crippen LogP contribution in [0.3, 0.4) is 0 Å². The first-order valence-corrected chi connectivity index (χ1v) is 13.9. The number of rotatable bonds is 7. The van der Waals surface area contributed by atoms with Gasteiger partial charge >= 0.3 is 0 Å². The first-order chi connectivity index (χ1) is 20.5. The number of fused-ring (bicyclic) bond motifs is 1. The summed E-state index contributed by atoms with van der Waals surface area (Å²) >= 11 is 6.35.